The first-order chi connectivity index (χ1) is 7.13. The first kappa shape index (κ1) is 10.2. The van der Waals surface area contributed by atoms with E-state index in [1.54, 1.807) is 0 Å². The largest absolute Gasteiger partial charge is 0.396 e. The van der Waals surface area contributed by atoms with Crippen LogP contribution in [0.1, 0.15) is 36.8 Å². The van der Waals surface area contributed by atoms with E-state index in [0.29, 0.717) is 0 Å². The molecule has 0 radical (unpaired) electrons. The van der Waals surface area contributed by atoms with Crippen molar-refractivity contribution in [1.29, 1.82) is 0 Å². The van der Waals surface area contributed by atoms with Gasteiger partial charge in [-0.2, -0.15) is 0 Å². The molecule has 1 heterocycles. The molecule has 2 atom stereocenters. The van der Waals surface area contributed by atoms with E-state index in [-0.39, 0.29) is 24.3 Å². The van der Waals surface area contributed by atoms with Gasteiger partial charge in [-0.25, -0.2) is 0 Å². The number of anilines is 1. The van der Waals surface area contributed by atoms with Crippen molar-refractivity contribution in [2.75, 3.05) is 11.9 Å². The van der Waals surface area contributed by atoms with Crippen molar-refractivity contribution in [2.45, 2.75) is 25.7 Å². The van der Waals surface area contributed by atoms with Gasteiger partial charge in [-0.3, -0.25) is 4.79 Å². The summed E-state index contributed by atoms with van der Waals surface area (Å²) in [5.41, 5.74) is 3.03. The number of nitrogens with one attached hydrogen (secondary N) is 1. The lowest BCUT2D eigenvalue weighted by Crippen LogP contribution is -2.08. The molecular weight excluding hydrogens is 190 g/mol. The molecule has 15 heavy (non-hydrogen) atoms. The summed E-state index contributed by atoms with van der Waals surface area (Å²) in [4.78, 5) is 11.4. The molecule has 0 aliphatic carbocycles. The fourth-order valence-electron chi connectivity index (χ4n) is 1.85. The topological polar surface area (TPSA) is 49.3 Å². The number of hydrogen-bond donors (Lipinski definition) is 2. The zero-order valence-electron chi connectivity index (χ0n) is 8.95. The van der Waals surface area contributed by atoms with Crippen molar-refractivity contribution in [1.82, 2.24) is 0 Å². The highest BCUT2D eigenvalue weighted by molar-refractivity contribution is 6.02. The predicted molar refractivity (Wildman–Crippen MR) is 59.0 cm³/mol. The maximum Gasteiger partial charge on any atom is 0.231 e. The Bertz CT molecular complexity index is 401. The van der Waals surface area contributed by atoms with Crippen LogP contribution in [0.25, 0.3) is 0 Å². The fourth-order valence-corrected chi connectivity index (χ4v) is 1.85. The molecule has 1 aliphatic heterocycles. The summed E-state index contributed by atoms with van der Waals surface area (Å²) >= 11 is 0. The van der Waals surface area contributed by atoms with Gasteiger partial charge in [-0.15, -0.1) is 0 Å². The second-order valence-electron chi connectivity index (χ2n) is 4.14. The standard InChI is InChI=1S/C12H15NO2/c1-7(6-14)9-3-4-11-10(5-9)8(2)12(15)13-11/h3-5,7-8,14H,6H2,1-2H3,(H,13,15). The van der Waals surface area contributed by atoms with Crippen LogP contribution in [0, 0.1) is 0 Å². The van der Waals surface area contributed by atoms with Gasteiger partial charge in [0.05, 0.1) is 5.92 Å². The molecule has 3 heteroatoms. The van der Waals surface area contributed by atoms with Crippen LogP contribution in [0.4, 0.5) is 5.69 Å². The smallest absolute Gasteiger partial charge is 0.231 e. The monoisotopic (exact) mass is 205 g/mol. The lowest BCUT2D eigenvalue weighted by Gasteiger charge is -2.10. The van der Waals surface area contributed by atoms with Gasteiger partial charge in [-0.1, -0.05) is 19.1 Å². The molecule has 1 aliphatic rings. The zero-order chi connectivity index (χ0) is 11.0. The Morgan fingerprint density at radius 1 is 1.53 bits per heavy atom. The molecular formula is C12H15NO2. The van der Waals surface area contributed by atoms with Crippen LogP contribution in [0.5, 0.6) is 0 Å². The Morgan fingerprint density at radius 2 is 2.27 bits per heavy atom. The van der Waals surface area contributed by atoms with Crippen molar-refractivity contribution >= 4 is 11.6 Å². The van der Waals surface area contributed by atoms with Crippen LogP contribution in [0.3, 0.4) is 0 Å². The van der Waals surface area contributed by atoms with Crippen molar-refractivity contribution in [3.8, 4) is 0 Å². The predicted octanol–water partition coefficient (Wildman–Crippen LogP) is 1.84. The Labute approximate surface area is 89.1 Å². The lowest BCUT2D eigenvalue weighted by molar-refractivity contribution is -0.116. The van der Waals surface area contributed by atoms with Gasteiger partial charge in [0, 0.05) is 18.2 Å². The van der Waals surface area contributed by atoms with Crippen LogP contribution in [0.2, 0.25) is 0 Å². The van der Waals surface area contributed by atoms with Gasteiger partial charge in [-0.05, 0) is 24.1 Å². The van der Waals surface area contributed by atoms with Gasteiger partial charge in [0.15, 0.2) is 0 Å². The second-order valence-corrected chi connectivity index (χ2v) is 4.14. The van der Waals surface area contributed by atoms with Crippen LogP contribution in [0.15, 0.2) is 18.2 Å². The number of aliphatic hydroxyl groups excluding tert-OH is 1. The highest BCUT2D eigenvalue weighted by atomic mass is 16.3. The van der Waals surface area contributed by atoms with Crippen molar-refractivity contribution in [3.63, 3.8) is 0 Å². The second kappa shape index (κ2) is 3.66. The molecule has 80 valence electrons. The zero-order valence-corrected chi connectivity index (χ0v) is 8.95. The van der Waals surface area contributed by atoms with Crippen molar-refractivity contribution < 1.29 is 9.90 Å². The minimum Gasteiger partial charge on any atom is -0.396 e. The van der Waals surface area contributed by atoms with Crippen molar-refractivity contribution in [2.24, 2.45) is 0 Å². The number of carbonyl (C=O) groups excluding carboxylic acids is 1. The van der Waals surface area contributed by atoms with Gasteiger partial charge < -0.3 is 10.4 Å². The summed E-state index contributed by atoms with van der Waals surface area (Å²) in [7, 11) is 0. The summed E-state index contributed by atoms with van der Waals surface area (Å²) in [6, 6.07) is 5.88. The molecule has 0 saturated carbocycles. The summed E-state index contributed by atoms with van der Waals surface area (Å²) in [6.07, 6.45) is 0. The molecule has 2 unspecified atom stereocenters. The molecule has 0 saturated heterocycles. The molecule has 0 spiro atoms. The molecule has 0 aromatic heterocycles. The average molecular weight is 205 g/mol. The third-order valence-electron chi connectivity index (χ3n) is 3.04. The van der Waals surface area contributed by atoms with Gasteiger partial charge in [0.2, 0.25) is 5.91 Å². The normalized spacial score (nSPS) is 21.0. The maximum atomic E-state index is 11.4. The number of aliphatic hydroxyl groups is 1. The Hall–Kier alpha value is -1.35. The van der Waals surface area contributed by atoms with Crippen LogP contribution in [-0.4, -0.2) is 17.6 Å². The van der Waals surface area contributed by atoms with Gasteiger partial charge in [0.1, 0.15) is 0 Å². The average Bonchev–Trinajstić information content (AvgIpc) is 2.54. The fraction of sp³-hybridized carbons (Fsp3) is 0.417. The van der Waals surface area contributed by atoms with Crippen LogP contribution >= 0.6 is 0 Å². The van der Waals surface area contributed by atoms with E-state index in [0.717, 1.165) is 16.8 Å². The highest BCUT2D eigenvalue weighted by Gasteiger charge is 2.26. The van der Waals surface area contributed by atoms with Gasteiger partial charge in [0.25, 0.3) is 0 Å². The SMILES string of the molecule is CC(CO)c1ccc2c(c1)C(C)C(=O)N2. The van der Waals surface area contributed by atoms with Crippen LogP contribution < -0.4 is 5.32 Å². The number of carbonyl (C=O) groups is 1. The quantitative estimate of drug-likeness (QED) is 0.774. The number of fused-ring (bicyclic) bond motifs is 1. The molecule has 0 bridgehead atoms. The number of benzene rings is 1. The van der Waals surface area contributed by atoms with E-state index in [2.05, 4.69) is 5.32 Å². The summed E-state index contributed by atoms with van der Waals surface area (Å²) in [5.74, 6) is 0.0999. The number of rotatable bonds is 2. The van der Waals surface area contributed by atoms with E-state index in [1.807, 2.05) is 32.0 Å². The maximum absolute atomic E-state index is 11.4. The Morgan fingerprint density at radius 3 is 2.93 bits per heavy atom. The summed E-state index contributed by atoms with van der Waals surface area (Å²) in [5, 5.41) is 11.9. The highest BCUT2D eigenvalue weighted by Crippen LogP contribution is 2.34. The first-order valence-electron chi connectivity index (χ1n) is 5.19. The Balaban J connectivity index is 2.39. The lowest BCUT2D eigenvalue weighted by atomic mass is 9.95. The molecule has 1 amide bonds. The van der Waals surface area contributed by atoms with E-state index in [4.69, 9.17) is 5.11 Å². The van der Waals surface area contributed by atoms with E-state index < -0.39 is 0 Å². The minimum absolute atomic E-state index is 0.0544. The minimum atomic E-state index is -0.0779. The summed E-state index contributed by atoms with van der Waals surface area (Å²) < 4.78 is 0. The van der Waals surface area contributed by atoms with Gasteiger partial charge >= 0.3 is 0 Å². The Kier molecular flexibility index (Phi) is 2.49. The van der Waals surface area contributed by atoms with Crippen molar-refractivity contribution in [3.05, 3.63) is 29.3 Å². The molecule has 1 aromatic carbocycles. The summed E-state index contributed by atoms with van der Waals surface area (Å²) in [6.45, 7) is 4.00. The molecule has 1 aromatic rings. The van der Waals surface area contributed by atoms with E-state index in [9.17, 15) is 4.79 Å². The molecule has 2 rings (SSSR count). The molecule has 2 N–H and O–H groups in total. The van der Waals surface area contributed by atoms with E-state index >= 15 is 0 Å². The molecule has 3 nitrogen and oxygen atoms in total. The third-order valence-corrected chi connectivity index (χ3v) is 3.04. The molecule has 0 fully saturated rings. The number of amides is 1. The number of hydrogen-bond acceptors (Lipinski definition) is 2. The van der Waals surface area contributed by atoms with Crippen LogP contribution in [-0.2, 0) is 4.79 Å². The third kappa shape index (κ3) is 1.63. The van der Waals surface area contributed by atoms with E-state index in [1.165, 1.54) is 0 Å². The first-order valence-corrected chi connectivity index (χ1v) is 5.19.